The van der Waals surface area contributed by atoms with Gasteiger partial charge in [-0.3, -0.25) is 4.90 Å². The summed E-state index contributed by atoms with van der Waals surface area (Å²) in [6.07, 6.45) is 1.47. The molecule has 0 aliphatic heterocycles. The normalized spacial score (nSPS) is 15.8. The zero-order valence-corrected chi connectivity index (χ0v) is 18.0. The first kappa shape index (κ1) is 24.1. The molecule has 0 amide bonds. The molecule has 6 nitrogen and oxygen atoms in total. The van der Waals surface area contributed by atoms with Gasteiger partial charge in [0.2, 0.25) is 0 Å². The van der Waals surface area contributed by atoms with E-state index in [0.717, 1.165) is 0 Å². The second-order valence-corrected chi connectivity index (χ2v) is 7.89. The molecular formula is C22H24B2F2N2O4. The number of hydrogen-bond acceptors (Lipinski definition) is 5. The standard InChI is InChI=1S/C22H24B2F2N2O4/c1-13(2)28(3)22(24,30)21(23,29)16-11-27-17-5-4-6-18(19(16)17)31-12-14-7-9-15(10-8-14)32-20(25)26/h4-11,13,20,27,29-30H,12H2,1-3H3. The lowest BCUT2D eigenvalue weighted by Gasteiger charge is -2.48. The monoisotopic (exact) mass is 440 g/mol. The molecule has 166 valence electrons. The van der Waals surface area contributed by atoms with E-state index >= 15 is 0 Å². The number of ether oxygens (including phenoxy) is 2. The van der Waals surface area contributed by atoms with Crippen molar-refractivity contribution in [3.05, 3.63) is 59.8 Å². The molecule has 2 atom stereocenters. The zero-order valence-electron chi connectivity index (χ0n) is 18.0. The Hall–Kier alpha value is -2.55. The van der Waals surface area contributed by atoms with Gasteiger partial charge in [-0.1, -0.05) is 18.2 Å². The number of benzene rings is 2. The van der Waals surface area contributed by atoms with Crippen LogP contribution in [0.4, 0.5) is 8.78 Å². The molecule has 32 heavy (non-hydrogen) atoms. The highest BCUT2D eigenvalue weighted by Gasteiger charge is 2.47. The summed E-state index contributed by atoms with van der Waals surface area (Å²) in [5.74, 6) is 0.432. The molecule has 2 unspecified atom stereocenters. The molecule has 0 fully saturated rings. The van der Waals surface area contributed by atoms with Crippen molar-refractivity contribution in [2.24, 2.45) is 0 Å². The van der Waals surface area contributed by atoms with Crippen LogP contribution in [0.1, 0.15) is 25.0 Å². The van der Waals surface area contributed by atoms with Crippen LogP contribution in [0.2, 0.25) is 0 Å². The smallest absolute Gasteiger partial charge is 0.387 e. The number of rotatable bonds is 9. The molecule has 3 aromatic rings. The number of aliphatic hydroxyl groups is 2. The van der Waals surface area contributed by atoms with Crippen LogP contribution in [-0.2, 0) is 12.1 Å². The van der Waals surface area contributed by atoms with Crippen molar-refractivity contribution in [2.45, 2.75) is 44.2 Å². The van der Waals surface area contributed by atoms with Crippen LogP contribution in [0.25, 0.3) is 10.9 Å². The zero-order chi connectivity index (χ0) is 23.7. The molecule has 1 heterocycles. The number of aromatic nitrogens is 1. The predicted octanol–water partition coefficient (Wildman–Crippen LogP) is 2.82. The number of likely N-dealkylation sites (N-methyl/N-ethyl adjacent to an activating group) is 1. The molecule has 4 radical (unpaired) electrons. The van der Waals surface area contributed by atoms with E-state index < -0.39 is 17.7 Å². The predicted molar refractivity (Wildman–Crippen MR) is 119 cm³/mol. The Labute approximate surface area is 188 Å². The number of alkyl halides is 2. The molecule has 3 rings (SSSR count). The van der Waals surface area contributed by atoms with Crippen molar-refractivity contribution >= 4 is 26.6 Å². The summed E-state index contributed by atoms with van der Waals surface area (Å²) in [5, 5.41) is 22.5. The maximum absolute atomic E-state index is 12.3. The van der Waals surface area contributed by atoms with Crippen molar-refractivity contribution in [1.82, 2.24) is 9.88 Å². The Balaban J connectivity index is 1.91. The van der Waals surface area contributed by atoms with Crippen molar-refractivity contribution < 1.29 is 28.5 Å². The number of fused-ring (bicyclic) bond motifs is 1. The van der Waals surface area contributed by atoms with Gasteiger partial charge in [0.1, 0.15) is 33.8 Å². The van der Waals surface area contributed by atoms with Gasteiger partial charge in [0.15, 0.2) is 0 Å². The molecule has 0 saturated heterocycles. The summed E-state index contributed by atoms with van der Waals surface area (Å²) in [4.78, 5) is 4.37. The summed E-state index contributed by atoms with van der Waals surface area (Å²) in [7, 11) is 13.8. The Morgan fingerprint density at radius 3 is 2.34 bits per heavy atom. The molecule has 0 saturated carbocycles. The van der Waals surface area contributed by atoms with E-state index in [1.54, 1.807) is 51.2 Å². The van der Waals surface area contributed by atoms with E-state index in [1.165, 1.54) is 23.2 Å². The number of halogens is 2. The molecule has 2 aromatic carbocycles. The van der Waals surface area contributed by atoms with Crippen molar-refractivity contribution in [3.8, 4) is 11.5 Å². The topological polar surface area (TPSA) is 78.0 Å². The third-order valence-electron chi connectivity index (χ3n) is 5.49. The van der Waals surface area contributed by atoms with Crippen molar-refractivity contribution in [1.29, 1.82) is 0 Å². The molecular weight excluding hydrogens is 416 g/mol. The summed E-state index contributed by atoms with van der Waals surface area (Å²) in [6, 6.07) is 11.0. The SMILES string of the molecule is [B]C(O)(c1c[nH]c2cccc(OCc3ccc(OC(F)F)cc3)c12)C([B])(O)N(C)C(C)C. The van der Waals surface area contributed by atoms with E-state index in [9.17, 15) is 19.0 Å². The summed E-state index contributed by atoms with van der Waals surface area (Å²) >= 11 is 0. The van der Waals surface area contributed by atoms with E-state index in [-0.39, 0.29) is 24.0 Å². The minimum atomic E-state index is -2.90. The van der Waals surface area contributed by atoms with Gasteiger partial charge in [-0.15, -0.1) is 0 Å². The Bertz CT molecular complexity index is 1060. The second kappa shape index (κ2) is 9.13. The first-order chi connectivity index (χ1) is 14.9. The number of hydrogen-bond donors (Lipinski definition) is 3. The lowest BCUT2D eigenvalue weighted by molar-refractivity contribution is -0.145. The van der Waals surface area contributed by atoms with Crippen LogP contribution in [0.5, 0.6) is 11.5 Å². The Kier molecular flexibility index (Phi) is 6.88. The number of H-pyrrole nitrogens is 1. The fourth-order valence-electron chi connectivity index (χ4n) is 3.36. The van der Waals surface area contributed by atoms with Gasteiger partial charge in [0.25, 0.3) is 0 Å². The first-order valence-electron chi connectivity index (χ1n) is 9.97. The quantitative estimate of drug-likeness (QED) is 0.353. The van der Waals surface area contributed by atoms with Crippen LogP contribution >= 0.6 is 0 Å². The Morgan fingerprint density at radius 2 is 1.75 bits per heavy atom. The van der Waals surface area contributed by atoms with Gasteiger partial charge in [-0.2, -0.15) is 8.78 Å². The van der Waals surface area contributed by atoms with E-state index in [1.807, 2.05) is 0 Å². The van der Waals surface area contributed by atoms with Gasteiger partial charge in [-0.25, -0.2) is 0 Å². The molecule has 0 bridgehead atoms. The van der Waals surface area contributed by atoms with Crippen LogP contribution in [-0.4, -0.2) is 61.1 Å². The minimum absolute atomic E-state index is 0.0449. The van der Waals surface area contributed by atoms with E-state index in [2.05, 4.69) is 9.72 Å². The fourth-order valence-corrected chi connectivity index (χ4v) is 3.36. The van der Waals surface area contributed by atoms with Gasteiger partial charge >= 0.3 is 6.61 Å². The number of aromatic amines is 1. The lowest BCUT2D eigenvalue weighted by Crippen LogP contribution is -2.64. The highest BCUT2D eigenvalue weighted by Crippen LogP contribution is 2.39. The lowest BCUT2D eigenvalue weighted by atomic mass is 9.59. The summed E-state index contributed by atoms with van der Waals surface area (Å²) in [5.41, 5.74) is -3.16. The molecule has 3 N–H and O–H groups in total. The van der Waals surface area contributed by atoms with E-state index in [4.69, 9.17) is 20.4 Å². The highest BCUT2D eigenvalue weighted by atomic mass is 19.3. The van der Waals surface area contributed by atoms with E-state index in [0.29, 0.717) is 22.2 Å². The third kappa shape index (κ3) is 4.62. The van der Waals surface area contributed by atoms with Crippen molar-refractivity contribution in [2.75, 3.05) is 7.05 Å². The molecule has 0 spiro atoms. The molecule has 10 heteroatoms. The molecule has 0 aliphatic rings. The first-order valence-corrected chi connectivity index (χ1v) is 9.97. The number of nitrogens with zero attached hydrogens (tertiary/aromatic N) is 1. The molecule has 1 aromatic heterocycles. The van der Waals surface area contributed by atoms with Crippen LogP contribution in [0.3, 0.4) is 0 Å². The minimum Gasteiger partial charge on any atom is -0.488 e. The average molecular weight is 440 g/mol. The molecule has 0 aliphatic carbocycles. The van der Waals surface area contributed by atoms with Crippen LogP contribution in [0.15, 0.2) is 48.7 Å². The van der Waals surface area contributed by atoms with Gasteiger partial charge in [-0.05, 0) is 50.7 Å². The summed E-state index contributed by atoms with van der Waals surface area (Å²) < 4.78 is 34.9. The number of nitrogens with one attached hydrogen (secondary N) is 1. The average Bonchev–Trinajstić information content (AvgIpc) is 3.17. The maximum atomic E-state index is 12.3. The highest BCUT2D eigenvalue weighted by molar-refractivity contribution is 6.26. The second-order valence-electron chi connectivity index (χ2n) is 7.89. The van der Waals surface area contributed by atoms with Gasteiger partial charge in [0.05, 0.1) is 11.1 Å². The fraction of sp³-hybridized carbons (Fsp3) is 0.364. The van der Waals surface area contributed by atoms with Crippen LogP contribution in [0, 0.1) is 0 Å². The largest absolute Gasteiger partial charge is 0.488 e. The van der Waals surface area contributed by atoms with Crippen molar-refractivity contribution in [3.63, 3.8) is 0 Å². The third-order valence-corrected chi connectivity index (χ3v) is 5.49. The van der Waals surface area contributed by atoms with Crippen LogP contribution < -0.4 is 9.47 Å². The van der Waals surface area contributed by atoms with Gasteiger partial charge in [0, 0.05) is 28.7 Å². The maximum Gasteiger partial charge on any atom is 0.387 e. The van der Waals surface area contributed by atoms with Gasteiger partial charge < -0.3 is 24.7 Å². The summed E-state index contributed by atoms with van der Waals surface area (Å²) in [6.45, 7) is 0.818. The Morgan fingerprint density at radius 1 is 1.09 bits per heavy atom.